The molecule has 0 saturated carbocycles. The van der Waals surface area contributed by atoms with Gasteiger partial charge in [-0.3, -0.25) is 4.79 Å². The van der Waals surface area contributed by atoms with Gasteiger partial charge >= 0.3 is 0 Å². The predicted octanol–water partition coefficient (Wildman–Crippen LogP) is 0.512. The van der Waals surface area contributed by atoms with E-state index in [-0.39, 0.29) is 0 Å². The van der Waals surface area contributed by atoms with Crippen LogP contribution in [-0.4, -0.2) is 20.7 Å². The molecule has 0 bridgehead atoms. The summed E-state index contributed by atoms with van der Waals surface area (Å²) in [5.41, 5.74) is 7.95. The van der Waals surface area contributed by atoms with E-state index in [1.54, 1.807) is 12.4 Å². The van der Waals surface area contributed by atoms with Crippen molar-refractivity contribution in [2.75, 3.05) is 0 Å². The molecule has 1 aromatic carbocycles. The van der Waals surface area contributed by atoms with E-state index in [9.17, 15) is 4.79 Å². The molecular formula is C13H17N5O. The Hall–Kier alpha value is -2.21. The van der Waals surface area contributed by atoms with Gasteiger partial charge < -0.3 is 15.6 Å². The summed E-state index contributed by atoms with van der Waals surface area (Å²) in [6.07, 6.45) is 1.67. The van der Waals surface area contributed by atoms with E-state index in [4.69, 9.17) is 5.73 Å². The number of rotatable bonds is 5. The molecule has 0 aliphatic carbocycles. The lowest BCUT2D eigenvalue weighted by atomic mass is 10.0. The second kappa shape index (κ2) is 5.62. The summed E-state index contributed by atoms with van der Waals surface area (Å²) in [5.74, 6) is 0.480. The number of benzene rings is 1. The van der Waals surface area contributed by atoms with Crippen LogP contribution in [0.25, 0.3) is 0 Å². The van der Waals surface area contributed by atoms with Gasteiger partial charge in [-0.25, -0.2) is 0 Å². The van der Waals surface area contributed by atoms with Gasteiger partial charge in [0.05, 0.1) is 6.54 Å². The molecule has 1 amide bonds. The molecule has 6 heteroatoms. The Morgan fingerprint density at radius 2 is 2.21 bits per heavy atom. The molecule has 100 valence electrons. The number of nitrogens with two attached hydrogens (primary N) is 1. The average molecular weight is 259 g/mol. The second-order valence-corrected chi connectivity index (χ2v) is 4.47. The molecule has 0 radical (unpaired) electrons. The maximum Gasteiger partial charge on any atom is 0.248 e. The zero-order valence-corrected chi connectivity index (χ0v) is 11.1. The first kappa shape index (κ1) is 13.2. The number of hydrogen-bond donors (Lipinski definition) is 2. The summed E-state index contributed by atoms with van der Waals surface area (Å²) in [4.78, 5) is 11.1. The largest absolute Gasteiger partial charge is 0.366 e. The van der Waals surface area contributed by atoms with Gasteiger partial charge in [0.1, 0.15) is 12.2 Å². The van der Waals surface area contributed by atoms with Gasteiger partial charge in [0, 0.05) is 19.2 Å². The number of carbonyl (C=O) groups is 1. The van der Waals surface area contributed by atoms with Crippen molar-refractivity contribution in [2.45, 2.75) is 20.0 Å². The zero-order valence-electron chi connectivity index (χ0n) is 11.1. The van der Waals surface area contributed by atoms with Crippen LogP contribution in [0.1, 0.15) is 27.3 Å². The van der Waals surface area contributed by atoms with Crippen molar-refractivity contribution < 1.29 is 4.79 Å². The number of carbonyl (C=O) groups excluding carboxylic acids is 1. The lowest BCUT2D eigenvalue weighted by molar-refractivity contribution is 0.1000. The highest BCUT2D eigenvalue weighted by Gasteiger charge is 2.05. The molecule has 2 aromatic rings. The van der Waals surface area contributed by atoms with Crippen molar-refractivity contribution in [3.05, 3.63) is 47.0 Å². The van der Waals surface area contributed by atoms with E-state index in [0.717, 1.165) is 17.0 Å². The average Bonchev–Trinajstić information content (AvgIpc) is 2.77. The van der Waals surface area contributed by atoms with Crippen LogP contribution < -0.4 is 11.1 Å². The summed E-state index contributed by atoms with van der Waals surface area (Å²) in [6.45, 7) is 3.32. The van der Waals surface area contributed by atoms with Gasteiger partial charge in [0.15, 0.2) is 0 Å². The maximum atomic E-state index is 11.1. The van der Waals surface area contributed by atoms with Gasteiger partial charge in [-0.05, 0) is 30.2 Å². The van der Waals surface area contributed by atoms with E-state index in [2.05, 4.69) is 15.5 Å². The summed E-state index contributed by atoms with van der Waals surface area (Å²) in [5, 5.41) is 11.1. The van der Waals surface area contributed by atoms with Crippen molar-refractivity contribution in [3.63, 3.8) is 0 Å². The molecule has 0 aliphatic rings. The first-order valence-electron chi connectivity index (χ1n) is 6.01. The standard InChI is InChI=1S/C13H17N5O/c1-9-5-10(13(14)19)3-4-11(9)6-15-7-12-17-16-8-18(12)2/h3-5,8,15H,6-7H2,1-2H3,(H2,14,19). The predicted molar refractivity (Wildman–Crippen MR) is 71.2 cm³/mol. The molecule has 0 aliphatic heterocycles. The Morgan fingerprint density at radius 3 is 2.79 bits per heavy atom. The Balaban J connectivity index is 1.96. The molecule has 6 nitrogen and oxygen atoms in total. The lowest BCUT2D eigenvalue weighted by Gasteiger charge is -2.08. The summed E-state index contributed by atoms with van der Waals surface area (Å²) in [7, 11) is 1.91. The summed E-state index contributed by atoms with van der Waals surface area (Å²) < 4.78 is 1.87. The number of hydrogen-bond acceptors (Lipinski definition) is 4. The van der Waals surface area contributed by atoms with Crippen LogP contribution in [0.3, 0.4) is 0 Å². The van der Waals surface area contributed by atoms with E-state index < -0.39 is 5.91 Å². The van der Waals surface area contributed by atoms with Crippen molar-refractivity contribution in [1.82, 2.24) is 20.1 Å². The number of nitrogens with zero attached hydrogens (tertiary/aromatic N) is 3. The quantitative estimate of drug-likeness (QED) is 0.819. The van der Waals surface area contributed by atoms with Gasteiger partial charge in [0.2, 0.25) is 5.91 Å². The van der Waals surface area contributed by atoms with Crippen molar-refractivity contribution in [1.29, 1.82) is 0 Å². The smallest absolute Gasteiger partial charge is 0.248 e. The van der Waals surface area contributed by atoms with E-state index in [1.165, 1.54) is 0 Å². The molecule has 19 heavy (non-hydrogen) atoms. The number of nitrogens with one attached hydrogen (secondary N) is 1. The van der Waals surface area contributed by atoms with Gasteiger partial charge in [0.25, 0.3) is 0 Å². The van der Waals surface area contributed by atoms with Crippen LogP contribution in [0.4, 0.5) is 0 Å². The van der Waals surface area contributed by atoms with Crippen molar-refractivity contribution in [2.24, 2.45) is 12.8 Å². The monoisotopic (exact) mass is 259 g/mol. The first-order valence-corrected chi connectivity index (χ1v) is 6.01. The highest BCUT2D eigenvalue weighted by molar-refractivity contribution is 5.93. The minimum atomic E-state index is -0.401. The fourth-order valence-electron chi connectivity index (χ4n) is 1.82. The Bertz CT molecular complexity index is 590. The van der Waals surface area contributed by atoms with Crippen LogP contribution in [-0.2, 0) is 20.1 Å². The maximum absolute atomic E-state index is 11.1. The molecular weight excluding hydrogens is 242 g/mol. The normalized spacial score (nSPS) is 10.6. The Morgan fingerprint density at radius 1 is 1.42 bits per heavy atom. The fraction of sp³-hybridized carbons (Fsp3) is 0.308. The fourth-order valence-corrected chi connectivity index (χ4v) is 1.82. The third kappa shape index (κ3) is 3.17. The molecule has 1 heterocycles. The number of aryl methyl sites for hydroxylation is 2. The van der Waals surface area contributed by atoms with Crippen LogP contribution in [0.5, 0.6) is 0 Å². The SMILES string of the molecule is Cc1cc(C(N)=O)ccc1CNCc1nncn1C. The second-order valence-electron chi connectivity index (χ2n) is 4.47. The molecule has 0 saturated heterocycles. The molecule has 1 aromatic heterocycles. The Kier molecular flexibility index (Phi) is 3.91. The molecule has 0 fully saturated rings. The highest BCUT2D eigenvalue weighted by atomic mass is 16.1. The van der Waals surface area contributed by atoms with Crippen molar-refractivity contribution in [3.8, 4) is 0 Å². The Labute approximate surface area is 111 Å². The van der Waals surface area contributed by atoms with Crippen LogP contribution in [0.2, 0.25) is 0 Å². The summed E-state index contributed by atoms with van der Waals surface area (Å²) in [6, 6.07) is 5.47. The first-order chi connectivity index (χ1) is 9.08. The lowest BCUT2D eigenvalue weighted by Crippen LogP contribution is -2.17. The zero-order chi connectivity index (χ0) is 13.8. The van der Waals surface area contributed by atoms with Crippen molar-refractivity contribution >= 4 is 5.91 Å². The summed E-state index contributed by atoms with van der Waals surface area (Å²) >= 11 is 0. The van der Waals surface area contributed by atoms with Crippen LogP contribution in [0.15, 0.2) is 24.5 Å². The topological polar surface area (TPSA) is 85.8 Å². The van der Waals surface area contributed by atoms with E-state index >= 15 is 0 Å². The van der Waals surface area contributed by atoms with Gasteiger partial charge in [-0.2, -0.15) is 0 Å². The van der Waals surface area contributed by atoms with Crippen LogP contribution in [0, 0.1) is 6.92 Å². The van der Waals surface area contributed by atoms with Gasteiger partial charge in [-0.1, -0.05) is 6.07 Å². The van der Waals surface area contributed by atoms with E-state index in [0.29, 0.717) is 18.7 Å². The van der Waals surface area contributed by atoms with Gasteiger partial charge in [-0.15, -0.1) is 10.2 Å². The number of primary amides is 1. The number of amides is 1. The van der Waals surface area contributed by atoms with Crippen LogP contribution >= 0.6 is 0 Å². The minimum Gasteiger partial charge on any atom is -0.366 e. The molecule has 0 spiro atoms. The highest BCUT2D eigenvalue weighted by Crippen LogP contribution is 2.10. The molecule has 0 atom stereocenters. The molecule has 0 unspecified atom stereocenters. The molecule has 2 rings (SSSR count). The number of aromatic nitrogens is 3. The third-order valence-electron chi connectivity index (χ3n) is 3.03. The molecule has 3 N–H and O–H groups in total. The van der Waals surface area contributed by atoms with E-state index in [1.807, 2.05) is 30.7 Å². The third-order valence-corrected chi connectivity index (χ3v) is 3.03. The minimum absolute atomic E-state index is 0.401.